The fourth-order valence-corrected chi connectivity index (χ4v) is 2.04. The summed E-state index contributed by atoms with van der Waals surface area (Å²) in [5.74, 6) is 1.47. The topological polar surface area (TPSA) is 86.5 Å². The number of nitrogens with zero attached hydrogens (tertiary/aromatic N) is 1. The van der Waals surface area contributed by atoms with Crippen LogP contribution in [0.2, 0.25) is 0 Å². The van der Waals surface area contributed by atoms with Gasteiger partial charge in [0.25, 0.3) is 0 Å². The minimum Gasteiger partial charge on any atom is -0.493 e. The van der Waals surface area contributed by atoms with E-state index in [1.165, 1.54) is 6.08 Å². The molecule has 6 heteroatoms. The average Bonchev–Trinajstić information content (AvgIpc) is 2.57. The highest BCUT2D eigenvalue weighted by atomic mass is 16.5. The summed E-state index contributed by atoms with van der Waals surface area (Å²) in [5.41, 5.74) is 7.79. The first-order chi connectivity index (χ1) is 11.5. The molecule has 1 heterocycles. The van der Waals surface area contributed by atoms with Gasteiger partial charge in [0.05, 0.1) is 25.1 Å². The summed E-state index contributed by atoms with van der Waals surface area (Å²) in [6, 6.07) is 8.83. The molecule has 0 spiro atoms. The van der Waals surface area contributed by atoms with Crippen LogP contribution in [0.1, 0.15) is 18.2 Å². The molecule has 24 heavy (non-hydrogen) atoms. The number of ether oxygens (including phenoxy) is 2. The number of methoxy groups -OCH3 is 1. The molecule has 0 saturated heterocycles. The van der Waals surface area contributed by atoms with Crippen LogP contribution in [-0.4, -0.2) is 24.6 Å². The van der Waals surface area contributed by atoms with Crippen molar-refractivity contribution in [3.63, 3.8) is 0 Å². The van der Waals surface area contributed by atoms with Crippen molar-refractivity contribution in [2.75, 3.05) is 24.8 Å². The molecule has 126 valence electrons. The number of nitrogen functional groups attached to an aromatic ring is 1. The molecule has 3 N–H and O–H groups in total. The van der Waals surface area contributed by atoms with Crippen molar-refractivity contribution in [2.24, 2.45) is 0 Å². The monoisotopic (exact) mass is 327 g/mol. The van der Waals surface area contributed by atoms with E-state index in [4.69, 9.17) is 15.2 Å². The van der Waals surface area contributed by atoms with E-state index in [2.05, 4.69) is 10.3 Å². The van der Waals surface area contributed by atoms with Gasteiger partial charge in [-0.15, -0.1) is 0 Å². The molecule has 0 unspecified atom stereocenters. The Morgan fingerprint density at radius 2 is 2.08 bits per heavy atom. The maximum absolute atomic E-state index is 12.0. The van der Waals surface area contributed by atoms with Crippen molar-refractivity contribution < 1.29 is 14.3 Å². The second kappa shape index (κ2) is 8.01. The quantitative estimate of drug-likeness (QED) is 0.796. The van der Waals surface area contributed by atoms with Gasteiger partial charge in [0, 0.05) is 6.08 Å². The normalized spacial score (nSPS) is 10.6. The van der Waals surface area contributed by atoms with E-state index in [9.17, 15) is 4.79 Å². The molecular weight excluding hydrogens is 306 g/mol. The molecule has 0 aliphatic carbocycles. The first-order valence-electron chi connectivity index (χ1n) is 7.56. The zero-order chi connectivity index (χ0) is 17.5. The Morgan fingerprint density at radius 3 is 2.75 bits per heavy atom. The van der Waals surface area contributed by atoms with Crippen LogP contribution in [0.25, 0.3) is 6.08 Å². The molecule has 2 rings (SSSR count). The summed E-state index contributed by atoms with van der Waals surface area (Å²) >= 11 is 0. The van der Waals surface area contributed by atoms with Gasteiger partial charge in [-0.05, 0) is 49.8 Å². The van der Waals surface area contributed by atoms with E-state index < -0.39 is 0 Å². The number of aromatic nitrogens is 1. The van der Waals surface area contributed by atoms with Crippen LogP contribution in [0.4, 0.5) is 11.5 Å². The highest BCUT2D eigenvalue weighted by Gasteiger charge is 2.05. The molecule has 0 atom stereocenters. The predicted molar refractivity (Wildman–Crippen MR) is 95.2 cm³/mol. The van der Waals surface area contributed by atoms with Crippen molar-refractivity contribution in [2.45, 2.75) is 13.8 Å². The van der Waals surface area contributed by atoms with E-state index in [1.54, 1.807) is 38.3 Å². The van der Waals surface area contributed by atoms with Crippen molar-refractivity contribution in [3.8, 4) is 11.5 Å². The van der Waals surface area contributed by atoms with Crippen LogP contribution in [0.15, 0.2) is 36.4 Å². The van der Waals surface area contributed by atoms with Crippen LogP contribution < -0.4 is 20.5 Å². The third-order valence-electron chi connectivity index (χ3n) is 3.29. The first kappa shape index (κ1) is 17.3. The highest BCUT2D eigenvalue weighted by molar-refractivity contribution is 6.01. The summed E-state index contributed by atoms with van der Waals surface area (Å²) < 4.78 is 10.7. The van der Waals surface area contributed by atoms with E-state index >= 15 is 0 Å². The third-order valence-corrected chi connectivity index (χ3v) is 3.29. The molecule has 2 aromatic rings. The molecule has 0 bridgehead atoms. The Labute approximate surface area is 141 Å². The number of anilines is 2. The van der Waals surface area contributed by atoms with Gasteiger partial charge in [0.2, 0.25) is 5.91 Å². The Bertz CT molecular complexity index is 757. The largest absolute Gasteiger partial charge is 0.493 e. The van der Waals surface area contributed by atoms with Gasteiger partial charge < -0.3 is 20.5 Å². The summed E-state index contributed by atoms with van der Waals surface area (Å²) in [5, 5.41) is 2.69. The Kier molecular flexibility index (Phi) is 5.78. The molecular formula is C18H21N3O3. The fourth-order valence-electron chi connectivity index (χ4n) is 2.04. The molecule has 0 saturated carbocycles. The lowest BCUT2D eigenvalue weighted by atomic mass is 10.2. The smallest absolute Gasteiger partial charge is 0.249 e. The summed E-state index contributed by atoms with van der Waals surface area (Å²) in [4.78, 5) is 16.2. The maximum atomic E-state index is 12.0. The molecule has 1 aromatic heterocycles. The summed E-state index contributed by atoms with van der Waals surface area (Å²) in [6.07, 6.45) is 3.13. The number of nitrogens with two attached hydrogens (primary N) is 1. The lowest BCUT2D eigenvalue weighted by Crippen LogP contribution is -2.10. The van der Waals surface area contributed by atoms with Crippen LogP contribution in [0.5, 0.6) is 11.5 Å². The van der Waals surface area contributed by atoms with Gasteiger partial charge >= 0.3 is 0 Å². The van der Waals surface area contributed by atoms with E-state index in [1.807, 2.05) is 19.1 Å². The fraction of sp³-hybridized carbons (Fsp3) is 0.222. The second-order valence-corrected chi connectivity index (χ2v) is 5.04. The van der Waals surface area contributed by atoms with Gasteiger partial charge in [0.1, 0.15) is 5.82 Å². The Hall–Kier alpha value is -3.02. The third kappa shape index (κ3) is 4.49. The molecule has 6 nitrogen and oxygen atoms in total. The molecule has 1 amide bonds. The SMILES string of the molecule is CCOc1ccc(/C=C/C(=O)Nc2ccc(N)c(C)n2)cc1OC. The average molecular weight is 327 g/mol. The summed E-state index contributed by atoms with van der Waals surface area (Å²) in [6.45, 7) is 4.25. The lowest BCUT2D eigenvalue weighted by molar-refractivity contribution is -0.111. The van der Waals surface area contributed by atoms with Gasteiger partial charge in [-0.25, -0.2) is 4.98 Å². The van der Waals surface area contributed by atoms with E-state index in [-0.39, 0.29) is 5.91 Å². The van der Waals surface area contributed by atoms with Gasteiger partial charge in [-0.3, -0.25) is 4.79 Å². The number of hydrogen-bond donors (Lipinski definition) is 2. The van der Waals surface area contributed by atoms with Crippen molar-refractivity contribution in [1.29, 1.82) is 0 Å². The number of pyridine rings is 1. The van der Waals surface area contributed by atoms with Gasteiger partial charge in [-0.2, -0.15) is 0 Å². The van der Waals surface area contributed by atoms with Crippen LogP contribution in [-0.2, 0) is 4.79 Å². The number of hydrogen-bond acceptors (Lipinski definition) is 5. The minimum absolute atomic E-state index is 0.278. The number of aryl methyl sites for hydroxylation is 1. The number of nitrogens with one attached hydrogen (secondary N) is 1. The molecule has 0 aliphatic heterocycles. The van der Waals surface area contributed by atoms with Crippen LogP contribution >= 0.6 is 0 Å². The number of rotatable bonds is 6. The number of benzene rings is 1. The molecule has 0 fully saturated rings. The minimum atomic E-state index is -0.278. The zero-order valence-electron chi connectivity index (χ0n) is 14.0. The highest BCUT2D eigenvalue weighted by Crippen LogP contribution is 2.28. The van der Waals surface area contributed by atoms with Crippen molar-refractivity contribution >= 4 is 23.5 Å². The van der Waals surface area contributed by atoms with Gasteiger partial charge in [0.15, 0.2) is 11.5 Å². The summed E-state index contributed by atoms with van der Waals surface area (Å²) in [7, 11) is 1.58. The van der Waals surface area contributed by atoms with Crippen LogP contribution in [0, 0.1) is 6.92 Å². The zero-order valence-corrected chi connectivity index (χ0v) is 14.0. The first-order valence-corrected chi connectivity index (χ1v) is 7.56. The Balaban J connectivity index is 2.06. The molecule has 0 radical (unpaired) electrons. The van der Waals surface area contributed by atoms with E-state index in [0.717, 1.165) is 5.56 Å². The number of carbonyl (C=O) groups excluding carboxylic acids is 1. The van der Waals surface area contributed by atoms with E-state index in [0.29, 0.717) is 35.3 Å². The maximum Gasteiger partial charge on any atom is 0.249 e. The predicted octanol–water partition coefficient (Wildman–Crippen LogP) is 3.03. The molecule has 0 aliphatic rings. The standard InChI is InChI=1S/C18H21N3O3/c1-4-24-15-8-5-13(11-16(15)23-3)6-10-18(22)21-17-9-7-14(19)12(2)20-17/h5-11H,4,19H2,1-3H3,(H,20,21,22)/b10-6+. The van der Waals surface area contributed by atoms with Crippen LogP contribution in [0.3, 0.4) is 0 Å². The lowest BCUT2D eigenvalue weighted by Gasteiger charge is -2.09. The molecule has 1 aromatic carbocycles. The second-order valence-electron chi connectivity index (χ2n) is 5.04. The Morgan fingerprint density at radius 1 is 1.29 bits per heavy atom. The van der Waals surface area contributed by atoms with Crippen molar-refractivity contribution in [1.82, 2.24) is 4.98 Å². The van der Waals surface area contributed by atoms with Gasteiger partial charge in [-0.1, -0.05) is 6.07 Å². The number of amides is 1. The number of carbonyl (C=O) groups is 1. The van der Waals surface area contributed by atoms with Crippen molar-refractivity contribution in [3.05, 3.63) is 47.7 Å².